The highest BCUT2D eigenvalue weighted by Gasteiger charge is 2.15. The van der Waals surface area contributed by atoms with Crippen LogP contribution in [0.1, 0.15) is 16.7 Å². The van der Waals surface area contributed by atoms with Crippen molar-refractivity contribution in [2.24, 2.45) is 5.10 Å². The Labute approximate surface area is 156 Å². The Balaban J connectivity index is 1.45. The molecule has 0 saturated carbocycles. The summed E-state index contributed by atoms with van der Waals surface area (Å²) in [6.45, 7) is 7.16. The molecule has 0 bridgehead atoms. The molecule has 2 aromatic carbocycles. The van der Waals surface area contributed by atoms with Gasteiger partial charge in [0.25, 0.3) is 0 Å². The Hall–Kier alpha value is -2.59. The number of allylic oxidation sites excluding steroid dienone is 1. The molecule has 0 spiro atoms. The molecule has 0 unspecified atom stereocenters. The standard InChI is InChI=1S/C22H27N3O/c1-19-9-11-20(12-10-19)18-24-14-16-25(17-15-24)23-13-5-7-21-6-3-4-8-22(21)26-2/h3-13H,14-18H2,1-2H3/b7-5+,23-13+. The van der Waals surface area contributed by atoms with Crippen LogP contribution in [0.4, 0.5) is 0 Å². The van der Waals surface area contributed by atoms with E-state index < -0.39 is 0 Å². The number of rotatable bonds is 6. The summed E-state index contributed by atoms with van der Waals surface area (Å²) in [7, 11) is 1.69. The van der Waals surface area contributed by atoms with Gasteiger partial charge in [-0.25, -0.2) is 0 Å². The molecule has 0 radical (unpaired) electrons. The fourth-order valence-corrected chi connectivity index (χ4v) is 3.05. The van der Waals surface area contributed by atoms with E-state index in [4.69, 9.17) is 4.74 Å². The van der Waals surface area contributed by atoms with Crippen LogP contribution >= 0.6 is 0 Å². The van der Waals surface area contributed by atoms with Crippen molar-refractivity contribution in [1.82, 2.24) is 9.91 Å². The summed E-state index contributed by atoms with van der Waals surface area (Å²) in [4.78, 5) is 2.49. The van der Waals surface area contributed by atoms with Crippen LogP contribution in [0.5, 0.6) is 5.75 Å². The van der Waals surface area contributed by atoms with E-state index in [1.54, 1.807) is 7.11 Å². The zero-order chi connectivity index (χ0) is 18.2. The quantitative estimate of drug-likeness (QED) is 0.742. The highest BCUT2D eigenvalue weighted by Crippen LogP contribution is 2.18. The topological polar surface area (TPSA) is 28.1 Å². The Morgan fingerprint density at radius 2 is 1.73 bits per heavy atom. The first-order valence-electron chi connectivity index (χ1n) is 9.11. The normalized spacial score (nSPS) is 15.8. The van der Waals surface area contributed by atoms with Gasteiger partial charge >= 0.3 is 0 Å². The van der Waals surface area contributed by atoms with E-state index in [0.717, 1.165) is 44.0 Å². The number of methoxy groups -OCH3 is 1. The maximum Gasteiger partial charge on any atom is 0.126 e. The van der Waals surface area contributed by atoms with Crippen molar-refractivity contribution in [2.75, 3.05) is 33.3 Å². The molecule has 26 heavy (non-hydrogen) atoms. The first-order valence-corrected chi connectivity index (χ1v) is 9.11. The van der Waals surface area contributed by atoms with Gasteiger partial charge in [0.15, 0.2) is 0 Å². The third-order valence-electron chi connectivity index (χ3n) is 4.61. The molecule has 4 nitrogen and oxygen atoms in total. The monoisotopic (exact) mass is 349 g/mol. The zero-order valence-corrected chi connectivity index (χ0v) is 15.6. The SMILES string of the molecule is COc1ccccc1/C=C/C=N/N1CCN(Cc2ccc(C)cc2)CC1. The molecule has 0 aromatic heterocycles. The van der Waals surface area contributed by atoms with Crippen molar-refractivity contribution >= 4 is 12.3 Å². The summed E-state index contributed by atoms with van der Waals surface area (Å²) < 4.78 is 5.35. The summed E-state index contributed by atoms with van der Waals surface area (Å²) in [6.07, 6.45) is 5.86. The van der Waals surface area contributed by atoms with Gasteiger partial charge in [0.05, 0.1) is 7.11 Å². The number of ether oxygens (including phenoxy) is 1. The van der Waals surface area contributed by atoms with Gasteiger partial charge in [-0.3, -0.25) is 9.91 Å². The number of piperazine rings is 1. The van der Waals surface area contributed by atoms with Crippen molar-refractivity contribution in [3.05, 3.63) is 71.3 Å². The van der Waals surface area contributed by atoms with Crippen LogP contribution in [-0.2, 0) is 6.54 Å². The summed E-state index contributed by atoms with van der Waals surface area (Å²) in [6, 6.07) is 16.8. The summed E-state index contributed by atoms with van der Waals surface area (Å²) >= 11 is 0. The molecule has 2 aromatic rings. The van der Waals surface area contributed by atoms with E-state index >= 15 is 0 Å². The van der Waals surface area contributed by atoms with E-state index in [9.17, 15) is 0 Å². The summed E-state index contributed by atoms with van der Waals surface area (Å²) in [5.41, 5.74) is 3.76. The highest BCUT2D eigenvalue weighted by atomic mass is 16.5. The molecule has 0 amide bonds. The minimum Gasteiger partial charge on any atom is -0.496 e. The minimum absolute atomic E-state index is 0.877. The highest BCUT2D eigenvalue weighted by molar-refractivity contribution is 5.79. The molecule has 0 atom stereocenters. The van der Waals surface area contributed by atoms with E-state index in [1.807, 2.05) is 42.6 Å². The van der Waals surface area contributed by atoms with E-state index in [2.05, 4.69) is 46.2 Å². The van der Waals surface area contributed by atoms with Gasteiger partial charge in [-0.05, 0) is 30.7 Å². The van der Waals surface area contributed by atoms with Crippen molar-refractivity contribution in [3.63, 3.8) is 0 Å². The minimum atomic E-state index is 0.877. The molecule has 1 fully saturated rings. The van der Waals surface area contributed by atoms with Crippen LogP contribution < -0.4 is 4.74 Å². The van der Waals surface area contributed by atoms with Gasteiger partial charge in [0, 0.05) is 44.5 Å². The van der Waals surface area contributed by atoms with Gasteiger partial charge < -0.3 is 4.74 Å². The smallest absolute Gasteiger partial charge is 0.126 e. The third kappa shape index (κ3) is 5.20. The van der Waals surface area contributed by atoms with Crippen molar-refractivity contribution < 1.29 is 4.74 Å². The number of nitrogens with zero attached hydrogens (tertiary/aromatic N) is 3. The number of para-hydroxylation sites is 1. The Morgan fingerprint density at radius 3 is 2.46 bits per heavy atom. The van der Waals surface area contributed by atoms with Gasteiger partial charge in [0.1, 0.15) is 5.75 Å². The molecule has 1 aliphatic heterocycles. The second-order valence-electron chi connectivity index (χ2n) is 6.58. The van der Waals surface area contributed by atoms with Crippen molar-refractivity contribution in [3.8, 4) is 5.75 Å². The Kier molecular flexibility index (Phi) is 6.45. The molecule has 1 heterocycles. The molecular formula is C22H27N3O. The van der Waals surface area contributed by atoms with Crippen LogP contribution in [0, 0.1) is 6.92 Å². The second kappa shape index (κ2) is 9.20. The van der Waals surface area contributed by atoms with E-state index in [1.165, 1.54) is 11.1 Å². The van der Waals surface area contributed by atoms with Gasteiger partial charge in [-0.15, -0.1) is 0 Å². The molecular weight excluding hydrogens is 322 g/mol. The number of benzene rings is 2. The van der Waals surface area contributed by atoms with Crippen molar-refractivity contribution in [2.45, 2.75) is 13.5 Å². The predicted octanol–water partition coefficient (Wildman–Crippen LogP) is 3.82. The number of hydrogen-bond acceptors (Lipinski definition) is 4. The fraction of sp³-hybridized carbons (Fsp3) is 0.318. The van der Waals surface area contributed by atoms with Crippen LogP contribution in [0.15, 0.2) is 59.7 Å². The van der Waals surface area contributed by atoms with Crippen LogP contribution in [0.3, 0.4) is 0 Å². The number of hydrazone groups is 1. The van der Waals surface area contributed by atoms with Crippen LogP contribution in [-0.4, -0.2) is 49.4 Å². The first kappa shape index (κ1) is 18.2. The lowest BCUT2D eigenvalue weighted by atomic mass is 10.1. The Bertz CT molecular complexity index is 744. The summed E-state index contributed by atoms with van der Waals surface area (Å²) in [5.74, 6) is 0.877. The molecule has 1 aliphatic rings. The lowest BCUT2D eigenvalue weighted by Gasteiger charge is -2.33. The van der Waals surface area contributed by atoms with E-state index in [-0.39, 0.29) is 0 Å². The Morgan fingerprint density at radius 1 is 1.00 bits per heavy atom. The molecule has 3 rings (SSSR count). The van der Waals surface area contributed by atoms with Gasteiger partial charge in [-0.2, -0.15) is 5.10 Å². The largest absolute Gasteiger partial charge is 0.496 e. The molecule has 0 aliphatic carbocycles. The zero-order valence-electron chi connectivity index (χ0n) is 15.6. The van der Waals surface area contributed by atoms with Gasteiger partial charge in [0.2, 0.25) is 0 Å². The molecule has 0 N–H and O–H groups in total. The first-order chi connectivity index (χ1) is 12.7. The average Bonchev–Trinajstić information content (AvgIpc) is 2.68. The lowest BCUT2D eigenvalue weighted by Crippen LogP contribution is -2.43. The lowest BCUT2D eigenvalue weighted by molar-refractivity contribution is 0.131. The maximum atomic E-state index is 5.35. The average molecular weight is 349 g/mol. The third-order valence-corrected chi connectivity index (χ3v) is 4.61. The van der Waals surface area contributed by atoms with Crippen LogP contribution in [0.2, 0.25) is 0 Å². The molecule has 136 valence electrons. The van der Waals surface area contributed by atoms with E-state index in [0.29, 0.717) is 0 Å². The number of hydrogen-bond donors (Lipinski definition) is 0. The summed E-state index contributed by atoms with van der Waals surface area (Å²) in [5, 5.41) is 6.70. The van der Waals surface area contributed by atoms with Crippen LogP contribution in [0.25, 0.3) is 6.08 Å². The number of aryl methyl sites for hydroxylation is 1. The van der Waals surface area contributed by atoms with Crippen molar-refractivity contribution in [1.29, 1.82) is 0 Å². The van der Waals surface area contributed by atoms with Gasteiger partial charge in [-0.1, -0.05) is 48.0 Å². The fourth-order valence-electron chi connectivity index (χ4n) is 3.05. The molecule has 1 saturated heterocycles. The molecule has 4 heteroatoms. The second-order valence-corrected chi connectivity index (χ2v) is 6.58. The maximum absolute atomic E-state index is 5.35. The predicted molar refractivity (Wildman–Crippen MR) is 109 cm³/mol.